The number of benzene rings is 1. The lowest BCUT2D eigenvalue weighted by Gasteiger charge is -2.22. The van der Waals surface area contributed by atoms with Gasteiger partial charge in [0.1, 0.15) is 11.9 Å². The summed E-state index contributed by atoms with van der Waals surface area (Å²) in [5.41, 5.74) is 3.57. The van der Waals surface area contributed by atoms with E-state index in [1.807, 2.05) is 29.2 Å². The van der Waals surface area contributed by atoms with Crippen LogP contribution in [-0.4, -0.2) is 50.6 Å². The Morgan fingerprint density at radius 2 is 1.91 bits per heavy atom. The average molecular weight is 427 g/mol. The van der Waals surface area contributed by atoms with Crippen molar-refractivity contribution in [3.05, 3.63) is 61.4 Å². The second-order valence-electron chi connectivity index (χ2n) is 7.45. The zero-order valence-corrected chi connectivity index (χ0v) is 17.5. The monoisotopic (exact) mass is 427 g/mol. The van der Waals surface area contributed by atoms with Crippen LogP contribution in [0.5, 0.6) is 0 Å². The van der Waals surface area contributed by atoms with Crippen molar-refractivity contribution >= 4 is 34.3 Å². The number of hydrogen-bond acceptors (Lipinski definition) is 9. The minimum atomic E-state index is -0.323. The molecule has 0 spiro atoms. The number of fused-ring (bicyclic) bond motifs is 1. The molecule has 1 aliphatic heterocycles. The first kappa shape index (κ1) is 19.8. The molecule has 9 heteroatoms. The van der Waals surface area contributed by atoms with Crippen molar-refractivity contribution in [2.45, 2.75) is 18.9 Å². The molecule has 0 radical (unpaired) electrons. The molecule has 32 heavy (non-hydrogen) atoms. The maximum Gasteiger partial charge on any atom is 0.328 e. The van der Waals surface area contributed by atoms with Crippen LogP contribution in [-0.2, 0) is 9.53 Å². The van der Waals surface area contributed by atoms with Gasteiger partial charge in [-0.3, -0.25) is 9.97 Å². The van der Waals surface area contributed by atoms with Crippen LogP contribution in [0.2, 0.25) is 0 Å². The fourth-order valence-electron chi connectivity index (χ4n) is 3.94. The summed E-state index contributed by atoms with van der Waals surface area (Å²) in [6, 6.07) is 7.61. The van der Waals surface area contributed by atoms with Gasteiger partial charge >= 0.3 is 5.97 Å². The fourth-order valence-corrected chi connectivity index (χ4v) is 3.94. The van der Waals surface area contributed by atoms with E-state index >= 15 is 0 Å². The van der Waals surface area contributed by atoms with Gasteiger partial charge in [0.05, 0.1) is 24.5 Å². The molecule has 1 fully saturated rings. The first-order chi connectivity index (χ1) is 15.7. The largest absolute Gasteiger partial charge is 0.467 e. The standard InChI is InChI=1S/C23H21N7O2/c1-32-22(31)20-3-2-10-30(20)23-27-12-16(13-28-23)15-4-5-17-18(6-7-25-19(17)11-15)29-21-14-24-8-9-26-21/h4-9,11-14,20H,2-3,10H2,1H3,(H,25,26,29). The second-order valence-corrected chi connectivity index (χ2v) is 7.45. The smallest absolute Gasteiger partial charge is 0.328 e. The van der Waals surface area contributed by atoms with Crippen molar-refractivity contribution in [1.29, 1.82) is 0 Å². The van der Waals surface area contributed by atoms with Crippen molar-refractivity contribution in [2.75, 3.05) is 23.9 Å². The van der Waals surface area contributed by atoms with Gasteiger partial charge in [0.25, 0.3) is 0 Å². The summed E-state index contributed by atoms with van der Waals surface area (Å²) >= 11 is 0. The third-order valence-electron chi connectivity index (χ3n) is 5.52. The van der Waals surface area contributed by atoms with Crippen LogP contribution < -0.4 is 10.2 Å². The molecular weight excluding hydrogens is 406 g/mol. The Hall–Kier alpha value is -4.14. The third-order valence-corrected chi connectivity index (χ3v) is 5.52. The Morgan fingerprint density at radius 1 is 1.03 bits per heavy atom. The van der Waals surface area contributed by atoms with Gasteiger partial charge in [-0.05, 0) is 30.5 Å². The number of nitrogens with zero attached hydrogens (tertiary/aromatic N) is 6. The summed E-state index contributed by atoms with van der Waals surface area (Å²) in [4.78, 5) is 35.8. The molecule has 1 unspecified atom stereocenters. The molecule has 3 aromatic heterocycles. The number of anilines is 3. The number of carbonyl (C=O) groups excluding carboxylic acids is 1. The van der Waals surface area contributed by atoms with E-state index in [1.165, 1.54) is 7.11 Å². The summed E-state index contributed by atoms with van der Waals surface area (Å²) in [7, 11) is 1.41. The minimum absolute atomic E-state index is 0.248. The Morgan fingerprint density at radius 3 is 2.69 bits per heavy atom. The molecule has 0 saturated carbocycles. The highest BCUT2D eigenvalue weighted by molar-refractivity contribution is 5.94. The molecule has 1 saturated heterocycles. The number of ether oxygens (including phenoxy) is 1. The maximum atomic E-state index is 12.0. The van der Waals surface area contributed by atoms with Gasteiger partial charge in [-0.25, -0.2) is 19.7 Å². The van der Waals surface area contributed by atoms with Crippen molar-refractivity contribution < 1.29 is 9.53 Å². The predicted octanol–water partition coefficient (Wildman–Crippen LogP) is 3.37. The summed E-state index contributed by atoms with van der Waals surface area (Å²) in [6.45, 7) is 0.737. The van der Waals surface area contributed by atoms with Crippen LogP contribution in [0, 0.1) is 0 Å². The van der Waals surface area contributed by atoms with E-state index in [0.717, 1.165) is 47.1 Å². The van der Waals surface area contributed by atoms with Gasteiger partial charge in [0.15, 0.2) is 0 Å². The van der Waals surface area contributed by atoms with Gasteiger partial charge in [0, 0.05) is 48.5 Å². The summed E-state index contributed by atoms with van der Waals surface area (Å²) in [5.74, 6) is 0.956. The molecule has 0 bridgehead atoms. The van der Waals surface area contributed by atoms with Gasteiger partial charge in [-0.15, -0.1) is 0 Å². The summed E-state index contributed by atoms with van der Waals surface area (Å²) < 4.78 is 4.91. The third kappa shape index (κ3) is 3.80. The molecule has 0 aliphatic carbocycles. The number of nitrogens with one attached hydrogen (secondary N) is 1. The van der Waals surface area contributed by atoms with E-state index in [4.69, 9.17) is 4.74 Å². The molecule has 1 atom stereocenters. The summed E-state index contributed by atoms with van der Waals surface area (Å²) in [6.07, 6.45) is 11.9. The number of methoxy groups -OCH3 is 1. The summed E-state index contributed by atoms with van der Waals surface area (Å²) in [5, 5.41) is 4.25. The normalized spacial score (nSPS) is 15.7. The molecular formula is C23H21N7O2. The second kappa shape index (κ2) is 8.54. The van der Waals surface area contributed by atoms with Crippen molar-refractivity contribution in [3.8, 4) is 11.1 Å². The quantitative estimate of drug-likeness (QED) is 0.480. The predicted molar refractivity (Wildman–Crippen MR) is 120 cm³/mol. The van der Waals surface area contributed by atoms with Gasteiger partial charge in [-0.1, -0.05) is 12.1 Å². The fraction of sp³-hybridized carbons (Fsp3) is 0.217. The first-order valence-electron chi connectivity index (χ1n) is 10.3. The van der Waals surface area contributed by atoms with E-state index < -0.39 is 0 Å². The average Bonchev–Trinajstić information content (AvgIpc) is 3.34. The molecule has 1 N–H and O–H groups in total. The number of rotatable bonds is 5. The van der Waals surface area contributed by atoms with Gasteiger partial charge in [-0.2, -0.15) is 0 Å². The van der Waals surface area contributed by atoms with Crippen LogP contribution in [0.25, 0.3) is 22.0 Å². The van der Waals surface area contributed by atoms with Crippen LogP contribution in [0.4, 0.5) is 17.5 Å². The molecule has 0 amide bonds. The molecule has 9 nitrogen and oxygen atoms in total. The van der Waals surface area contributed by atoms with E-state index in [1.54, 1.807) is 37.2 Å². The van der Waals surface area contributed by atoms with E-state index in [0.29, 0.717) is 11.8 Å². The number of carbonyl (C=O) groups is 1. The van der Waals surface area contributed by atoms with Crippen molar-refractivity contribution in [3.63, 3.8) is 0 Å². The van der Waals surface area contributed by atoms with Crippen molar-refractivity contribution in [1.82, 2.24) is 24.9 Å². The minimum Gasteiger partial charge on any atom is -0.467 e. The van der Waals surface area contributed by atoms with Crippen LogP contribution in [0.15, 0.2) is 61.4 Å². The Balaban J connectivity index is 1.41. The van der Waals surface area contributed by atoms with E-state index in [-0.39, 0.29) is 12.0 Å². The molecule has 1 aliphatic rings. The molecule has 160 valence electrons. The Bertz CT molecular complexity index is 1250. The van der Waals surface area contributed by atoms with E-state index in [9.17, 15) is 4.79 Å². The topological polar surface area (TPSA) is 106 Å². The first-order valence-corrected chi connectivity index (χ1v) is 10.3. The lowest BCUT2D eigenvalue weighted by molar-refractivity contribution is -0.141. The Kier molecular flexibility index (Phi) is 5.29. The molecule has 1 aromatic carbocycles. The van der Waals surface area contributed by atoms with Crippen molar-refractivity contribution in [2.24, 2.45) is 0 Å². The lowest BCUT2D eigenvalue weighted by Crippen LogP contribution is -2.37. The van der Waals surface area contributed by atoms with Gasteiger partial charge in [0.2, 0.25) is 5.95 Å². The Labute approximate surface area is 184 Å². The highest BCUT2D eigenvalue weighted by Gasteiger charge is 2.33. The van der Waals surface area contributed by atoms with Crippen LogP contribution in [0.1, 0.15) is 12.8 Å². The molecule has 4 heterocycles. The van der Waals surface area contributed by atoms with Crippen LogP contribution in [0.3, 0.4) is 0 Å². The highest BCUT2D eigenvalue weighted by atomic mass is 16.5. The lowest BCUT2D eigenvalue weighted by atomic mass is 10.1. The molecule has 5 rings (SSSR count). The zero-order chi connectivity index (χ0) is 21.9. The van der Waals surface area contributed by atoms with Gasteiger partial charge < -0.3 is 15.0 Å². The van der Waals surface area contributed by atoms with E-state index in [2.05, 4.69) is 30.2 Å². The molecule has 4 aromatic rings. The number of esters is 1. The highest BCUT2D eigenvalue weighted by Crippen LogP contribution is 2.29. The number of hydrogen-bond donors (Lipinski definition) is 1. The maximum absolute atomic E-state index is 12.0. The number of aromatic nitrogens is 5. The SMILES string of the molecule is COC(=O)C1CCCN1c1ncc(-c2ccc3c(Nc4cnccn4)ccnc3c2)cn1. The van der Waals surface area contributed by atoms with Crippen LogP contribution >= 0.6 is 0 Å². The number of pyridine rings is 1. The zero-order valence-electron chi connectivity index (χ0n) is 17.5.